The molecule has 0 aliphatic heterocycles. The fourth-order valence-electron chi connectivity index (χ4n) is 2.90. The Bertz CT molecular complexity index is 400. The van der Waals surface area contributed by atoms with Crippen LogP contribution in [0.4, 0.5) is 0 Å². The highest BCUT2D eigenvalue weighted by Crippen LogP contribution is 2.29. The molecule has 0 spiro atoms. The monoisotopic (exact) mass is 262 g/mol. The van der Waals surface area contributed by atoms with Gasteiger partial charge >= 0.3 is 5.97 Å². The van der Waals surface area contributed by atoms with Crippen LogP contribution in [0.25, 0.3) is 0 Å². The molecule has 0 saturated heterocycles. The van der Waals surface area contributed by atoms with Crippen molar-refractivity contribution in [1.29, 1.82) is 0 Å². The number of rotatable bonds is 5. The van der Waals surface area contributed by atoms with Crippen LogP contribution in [0.2, 0.25) is 0 Å². The Morgan fingerprint density at radius 1 is 1.32 bits per heavy atom. The van der Waals surface area contributed by atoms with E-state index in [-0.39, 0.29) is 5.92 Å². The third-order valence-electron chi connectivity index (χ3n) is 3.97. The van der Waals surface area contributed by atoms with E-state index in [2.05, 4.69) is 16.9 Å². The maximum Gasteiger partial charge on any atom is 0.306 e. The first-order valence-electron chi connectivity index (χ1n) is 6.95. The van der Waals surface area contributed by atoms with E-state index in [4.69, 9.17) is 5.11 Å². The second-order valence-corrected chi connectivity index (χ2v) is 5.61. The summed E-state index contributed by atoms with van der Waals surface area (Å²) in [6.07, 6.45) is 7.39. The first kappa shape index (κ1) is 14.0. The number of hydrogen-bond donors (Lipinski definition) is 1. The van der Waals surface area contributed by atoms with E-state index in [1.54, 1.807) is 0 Å². The van der Waals surface area contributed by atoms with Gasteiger partial charge in [0.15, 0.2) is 0 Å². The van der Waals surface area contributed by atoms with Gasteiger partial charge in [-0.25, -0.2) is 0 Å². The molecular formula is C15H22N2O2. The second kappa shape index (κ2) is 6.66. The van der Waals surface area contributed by atoms with Crippen LogP contribution in [0.5, 0.6) is 0 Å². The van der Waals surface area contributed by atoms with E-state index >= 15 is 0 Å². The Morgan fingerprint density at radius 3 is 2.53 bits per heavy atom. The lowest BCUT2D eigenvalue weighted by atomic mass is 9.82. The van der Waals surface area contributed by atoms with Crippen LogP contribution in [-0.4, -0.2) is 34.6 Å². The van der Waals surface area contributed by atoms with E-state index in [1.807, 2.05) is 24.5 Å². The first-order valence-corrected chi connectivity index (χ1v) is 6.95. The number of carboxylic acid groups (broad SMARTS) is 1. The third-order valence-corrected chi connectivity index (χ3v) is 3.97. The molecule has 0 aromatic carbocycles. The van der Waals surface area contributed by atoms with E-state index in [0.29, 0.717) is 5.92 Å². The zero-order valence-corrected chi connectivity index (χ0v) is 11.5. The predicted octanol–water partition coefficient (Wildman–Crippen LogP) is 2.40. The summed E-state index contributed by atoms with van der Waals surface area (Å²) in [6.45, 7) is 1.98. The molecule has 1 aromatic heterocycles. The summed E-state index contributed by atoms with van der Waals surface area (Å²) >= 11 is 0. The molecule has 1 aliphatic carbocycles. The molecule has 1 aromatic rings. The summed E-state index contributed by atoms with van der Waals surface area (Å²) in [5.74, 6) is -0.0900. The average molecular weight is 262 g/mol. The van der Waals surface area contributed by atoms with Crippen LogP contribution < -0.4 is 0 Å². The molecule has 1 fully saturated rings. The van der Waals surface area contributed by atoms with Crippen molar-refractivity contribution >= 4 is 5.97 Å². The van der Waals surface area contributed by atoms with Crippen molar-refractivity contribution in [2.75, 3.05) is 13.6 Å². The minimum absolute atomic E-state index is 0.109. The molecule has 1 heterocycles. The van der Waals surface area contributed by atoms with Crippen molar-refractivity contribution in [1.82, 2.24) is 9.88 Å². The Hall–Kier alpha value is -1.42. The second-order valence-electron chi connectivity index (χ2n) is 5.61. The molecule has 0 radical (unpaired) electrons. The Morgan fingerprint density at radius 2 is 1.95 bits per heavy atom. The predicted molar refractivity (Wildman–Crippen MR) is 73.7 cm³/mol. The SMILES string of the molecule is CN(Cc1ccncc1)CC1CCC(C(=O)O)CC1. The van der Waals surface area contributed by atoms with E-state index in [0.717, 1.165) is 38.8 Å². The minimum Gasteiger partial charge on any atom is -0.481 e. The highest BCUT2D eigenvalue weighted by Gasteiger charge is 2.26. The molecule has 1 N–H and O–H groups in total. The third kappa shape index (κ3) is 4.31. The average Bonchev–Trinajstić information content (AvgIpc) is 2.40. The van der Waals surface area contributed by atoms with Crippen molar-refractivity contribution in [2.24, 2.45) is 11.8 Å². The van der Waals surface area contributed by atoms with Crippen molar-refractivity contribution < 1.29 is 9.90 Å². The lowest BCUT2D eigenvalue weighted by Gasteiger charge is -2.29. The fraction of sp³-hybridized carbons (Fsp3) is 0.600. The number of carbonyl (C=O) groups is 1. The summed E-state index contributed by atoms with van der Waals surface area (Å²) in [7, 11) is 2.13. The van der Waals surface area contributed by atoms with Gasteiger partial charge in [0.2, 0.25) is 0 Å². The molecule has 2 rings (SSSR count). The first-order chi connectivity index (χ1) is 9.15. The van der Waals surface area contributed by atoms with Crippen molar-refractivity contribution in [3.8, 4) is 0 Å². The maximum atomic E-state index is 10.9. The lowest BCUT2D eigenvalue weighted by molar-refractivity contribution is -0.143. The molecule has 4 nitrogen and oxygen atoms in total. The van der Waals surface area contributed by atoms with Crippen LogP contribution in [0.15, 0.2) is 24.5 Å². The van der Waals surface area contributed by atoms with Gasteiger partial charge in [-0.15, -0.1) is 0 Å². The highest BCUT2D eigenvalue weighted by molar-refractivity contribution is 5.69. The van der Waals surface area contributed by atoms with Gasteiger partial charge in [-0.2, -0.15) is 0 Å². The number of pyridine rings is 1. The smallest absolute Gasteiger partial charge is 0.306 e. The van der Waals surface area contributed by atoms with Crippen LogP contribution in [-0.2, 0) is 11.3 Å². The molecule has 4 heteroatoms. The van der Waals surface area contributed by atoms with Crippen molar-refractivity contribution in [2.45, 2.75) is 32.2 Å². The van der Waals surface area contributed by atoms with Gasteiger partial charge < -0.3 is 10.0 Å². The summed E-state index contributed by atoms with van der Waals surface area (Å²) in [5.41, 5.74) is 1.27. The highest BCUT2D eigenvalue weighted by atomic mass is 16.4. The molecule has 0 amide bonds. The van der Waals surface area contributed by atoms with Gasteiger partial charge in [0.25, 0.3) is 0 Å². The van der Waals surface area contributed by atoms with Gasteiger partial charge in [0.1, 0.15) is 0 Å². The van der Waals surface area contributed by atoms with Gasteiger partial charge in [-0.1, -0.05) is 0 Å². The van der Waals surface area contributed by atoms with Crippen LogP contribution in [0.3, 0.4) is 0 Å². The summed E-state index contributed by atoms with van der Waals surface area (Å²) < 4.78 is 0. The molecular weight excluding hydrogens is 240 g/mol. The summed E-state index contributed by atoms with van der Waals surface area (Å²) in [5, 5.41) is 8.98. The fourth-order valence-corrected chi connectivity index (χ4v) is 2.90. The zero-order chi connectivity index (χ0) is 13.7. The van der Waals surface area contributed by atoms with Crippen molar-refractivity contribution in [3.05, 3.63) is 30.1 Å². The van der Waals surface area contributed by atoms with Gasteiger partial charge in [0, 0.05) is 25.5 Å². The Kier molecular flexibility index (Phi) is 4.91. The number of aromatic nitrogens is 1. The molecule has 104 valence electrons. The Balaban J connectivity index is 1.75. The number of hydrogen-bond acceptors (Lipinski definition) is 3. The maximum absolute atomic E-state index is 10.9. The van der Waals surface area contributed by atoms with Gasteiger partial charge in [-0.05, 0) is 56.3 Å². The summed E-state index contributed by atoms with van der Waals surface area (Å²) in [4.78, 5) is 17.2. The molecule has 1 saturated carbocycles. The van der Waals surface area contributed by atoms with E-state index < -0.39 is 5.97 Å². The van der Waals surface area contributed by atoms with Gasteiger partial charge in [-0.3, -0.25) is 9.78 Å². The van der Waals surface area contributed by atoms with Crippen LogP contribution >= 0.6 is 0 Å². The number of carboxylic acids is 1. The standard InChI is InChI=1S/C15H22N2O2/c1-17(11-13-6-8-16-9-7-13)10-12-2-4-14(5-3-12)15(18)19/h6-9,12,14H,2-5,10-11H2,1H3,(H,18,19). The van der Waals surface area contributed by atoms with Gasteiger partial charge in [0.05, 0.1) is 5.92 Å². The quantitative estimate of drug-likeness (QED) is 0.885. The number of aliphatic carboxylic acids is 1. The number of nitrogens with zero attached hydrogens (tertiary/aromatic N) is 2. The Labute approximate surface area is 114 Å². The van der Waals surface area contributed by atoms with Crippen LogP contribution in [0, 0.1) is 11.8 Å². The molecule has 19 heavy (non-hydrogen) atoms. The molecule has 0 bridgehead atoms. The van der Waals surface area contributed by atoms with E-state index in [1.165, 1.54) is 5.56 Å². The largest absolute Gasteiger partial charge is 0.481 e. The van der Waals surface area contributed by atoms with Crippen molar-refractivity contribution in [3.63, 3.8) is 0 Å². The molecule has 0 atom stereocenters. The minimum atomic E-state index is -0.622. The zero-order valence-electron chi connectivity index (χ0n) is 11.5. The molecule has 1 aliphatic rings. The lowest BCUT2D eigenvalue weighted by Crippen LogP contribution is -2.30. The molecule has 0 unspecified atom stereocenters. The van der Waals surface area contributed by atoms with E-state index in [9.17, 15) is 4.79 Å². The normalized spacial score (nSPS) is 23.5. The van der Waals surface area contributed by atoms with Crippen LogP contribution in [0.1, 0.15) is 31.2 Å². The topological polar surface area (TPSA) is 53.4 Å². The summed E-state index contributed by atoms with van der Waals surface area (Å²) in [6, 6.07) is 4.08.